The van der Waals surface area contributed by atoms with Gasteiger partial charge in [0.1, 0.15) is 0 Å². The zero-order chi connectivity index (χ0) is 14.6. The maximum absolute atomic E-state index is 12.3. The van der Waals surface area contributed by atoms with Gasteiger partial charge in [0.05, 0.1) is 21.1 Å². The molecule has 0 heterocycles. The summed E-state index contributed by atoms with van der Waals surface area (Å²) in [6.07, 6.45) is 1.29. The fourth-order valence-electron chi connectivity index (χ4n) is 1.94. The topological polar surface area (TPSA) is 55.1 Å². The normalized spacial score (nSPS) is 11.2. The summed E-state index contributed by atoms with van der Waals surface area (Å²) in [5.74, 6) is -0.245. The van der Waals surface area contributed by atoms with Crippen molar-refractivity contribution in [1.29, 1.82) is 0 Å². The van der Waals surface area contributed by atoms with Crippen LogP contribution in [0.4, 0.5) is 0 Å². The van der Waals surface area contributed by atoms with Crippen molar-refractivity contribution in [3.05, 3.63) is 34.3 Å². The summed E-state index contributed by atoms with van der Waals surface area (Å²) in [6.45, 7) is 5.75. The second-order valence-electron chi connectivity index (χ2n) is 4.54. The lowest BCUT2D eigenvalue weighted by Gasteiger charge is -2.31. The fourth-order valence-corrected chi connectivity index (χ4v) is 2.50. The highest BCUT2D eigenvalue weighted by Gasteiger charge is 2.32. The average molecular weight is 299 g/mol. The summed E-state index contributed by atoms with van der Waals surface area (Å²) in [6, 6.07) is 5.36. The molecule has 5 heteroatoms. The molecule has 0 spiro atoms. The summed E-state index contributed by atoms with van der Waals surface area (Å²) >= 11 is 11.2. The van der Waals surface area contributed by atoms with Crippen LogP contribution >= 0.6 is 23.8 Å². The number of nitrogens with two attached hydrogens (primary N) is 1. The lowest BCUT2D eigenvalue weighted by molar-refractivity contribution is 0.0920. The first-order valence-corrected chi connectivity index (χ1v) is 7.04. The van der Waals surface area contributed by atoms with Crippen LogP contribution in [0.3, 0.4) is 0 Å². The molecule has 0 unspecified atom stereocenters. The molecule has 0 radical (unpaired) electrons. The summed E-state index contributed by atoms with van der Waals surface area (Å²) in [4.78, 5) is 12.6. The van der Waals surface area contributed by atoms with Gasteiger partial charge in [0.2, 0.25) is 0 Å². The molecule has 0 aliphatic carbocycles. The van der Waals surface area contributed by atoms with E-state index in [0.29, 0.717) is 28.4 Å². The van der Waals surface area contributed by atoms with Crippen LogP contribution in [0.2, 0.25) is 5.02 Å². The van der Waals surface area contributed by atoms with E-state index in [0.717, 1.165) is 5.56 Å². The number of rotatable bonds is 5. The monoisotopic (exact) mass is 298 g/mol. The van der Waals surface area contributed by atoms with Gasteiger partial charge in [-0.15, -0.1) is 0 Å². The van der Waals surface area contributed by atoms with Gasteiger partial charge < -0.3 is 11.1 Å². The van der Waals surface area contributed by atoms with Gasteiger partial charge in [-0.2, -0.15) is 0 Å². The van der Waals surface area contributed by atoms with Gasteiger partial charge in [0.25, 0.3) is 5.91 Å². The minimum absolute atomic E-state index is 0.245. The van der Waals surface area contributed by atoms with Crippen LogP contribution in [-0.2, 0) is 0 Å². The second-order valence-corrected chi connectivity index (χ2v) is 5.36. The van der Waals surface area contributed by atoms with Crippen LogP contribution in [-0.4, -0.2) is 16.4 Å². The second kappa shape index (κ2) is 6.35. The Kier molecular flexibility index (Phi) is 5.32. The number of nitrogens with one attached hydrogen (secondary N) is 1. The molecule has 3 nitrogen and oxygen atoms in total. The number of benzene rings is 1. The molecule has 0 aliphatic rings. The number of hydrogen-bond acceptors (Lipinski definition) is 2. The van der Waals surface area contributed by atoms with Crippen LogP contribution in [0.5, 0.6) is 0 Å². The molecule has 0 bridgehead atoms. The lowest BCUT2D eigenvalue weighted by Crippen LogP contribution is -2.56. The van der Waals surface area contributed by atoms with Crippen molar-refractivity contribution in [1.82, 2.24) is 5.32 Å². The van der Waals surface area contributed by atoms with E-state index in [9.17, 15) is 4.79 Å². The first-order valence-electron chi connectivity index (χ1n) is 6.25. The van der Waals surface area contributed by atoms with Gasteiger partial charge in [-0.3, -0.25) is 4.79 Å². The smallest absolute Gasteiger partial charge is 0.253 e. The number of halogens is 1. The molecule has 0 saturated carbocycles. The zero-order valence-electron chi connectivity index (χ0n) is 11.4. The summed E-state index contributed by atoms with van der Waals surface area (Å²) in [5.41, 5.74) is 6.43. The molecule has 0 saturated heterocycles. The van der Waals surface area contributed by atoms with E-state index in [1.54, 1.807) is 12.1 Å². The maximum atomic E-state index is 12.3. The number of aryl methyl sites for hydroxylation is 1. The van der Waals surface area contributed by atoms with Crippen LogP contribution < -0.4 is 11.1 Å². The number of amides is 1. The average Bonchev–Trinajstić information content (AvgIpc) is 2.38. The molecule has 0 aromatic heterocycles. The molecule has 0 atom stereocenters. The Hall–Kier alpha value is -1.13. The standard InChI is InChI=1S/C14H19ClN2OS/c1-4-14(5-2,13(16)19)17-12(18)10-8-6-7-9(3)11(10)15/h6-8H,4-5H2,1-3H3,(H2,16,19)(H,17,18). The van der Waals surface area contributed by atoms with E-state index < -0.39 is 5.54 Å². The molecule has 1 rings (SSSR count). The highest BCUT2D eigenvalue weighted by Crippen LogP contribution is 2.22. The van der Waals surface area contributed by atoms with Crippen molar-refractivity contribution in [3.8, 4) is 0 Å². The molecule has 1 amide bonds. The van der Waals surface area contributed by atoms with Crippen molar-refractivity contribution in [2.75, 3.05) is 0 Å². The molecule has 1 aromatic carbocycles. The highest BCUT2D eigenvalue weighted by atomic mass is 35.5. The Morgan fingerprint density at radius 1 is 1.42 bits per heavy atom. The molecule has 3 N–H and O–H groups in total. The van der Waals surface area contributed by atoms with Gasteiger partial charge in [-0.1, -0.05) is 49.8 Å². The Morgan fingerprint density at radius 3 is 2.47 bits per heavy atom. The van der Waals surface area contributed by atoms with Crippen molar-refractivity contribution < 1.29 is 4.79 Å². The Labute approximate surface area is 124 Å². The van der Waals surface area contributed by atoms with E-state index in [2.05, 4.69) is 5.32 Å². The SMILES string of the molecule is CCC(CC)(NC(=O)c1cccc(C)c1Cl)C(N)=S. The van der Waals surface area contributed by atoms with Gasteiger partial charge in [0, 0.05) is 0 Å². The van der Waals surface area contributed by atoms with E-state index in [1.165, 1.54) is 0 Å². The zero-order valence-corrected chi connectivity index (χ0v) is 13.0. The Balaban J connectivity index is 3.08. The van der Waals surface area contributed by atoms with Gasteiger partial charge in [0.15, 0.2) is 0 Å². The Morgan fingerprint density at radius 2 is 2.00 bits per heavy atom. The lowest BCUT2D eigenvalue weighted by atomic mass is 9.92. The van der Waals surface area contributed by atoms with Crippen LogP contribution in [0.25, 0.3) is 0 Å². The van der Waals surface area contributed by atoms with Crippen molar-refractivity contribution >= 4 is 34.7 Å². The number of carbonyl (C=O) groups excluding carboxylic acids is 1. The summed E-state index contributed by atoms with van der Waals surface area (Å²) < 4.78 is 0. The number of carbonyl (C=O) groups is 1. The summed E-state index contributed by atoms with van der Waals surface area (Å²) in [7, 11) is 0. The number of hydrogen-bond donors (Lipinski definition) is 2. The van der Waals surface area contributed by atoms with E-state index in [4.69, 9.17) is 29.6 Å². The fraction of sp³-hybridized carbons (Fsp3) is 0.429. The minimum atomic E-state index is -0.653. The third-order valence-corrected chi connectivity index (χ3v) is 4.36. The first-order chi connectivity index (χ1) is 8.88. The Bertz CT molecular complexity index is 498. The molecule has 19 heavy (non-hydrogen) atoms. The van der Waals surface area contributed by atoms with Gasteiger partial charge in [-0.05, 0) is 31.4 Å². The predicted octanol–water partition coefficient (Wildman–Crippen LogP) is 3.22. The quantitative estimate of drug-likeness (QED) is 0.821. The third kappa shape index (κ3) is 3.25. The summed E-state index contributed by atoms with van der Waals surface area (Å²) in [5, 5.41) is 3.39. The van der Waals surface area contributed by atoms with Crippen molar-refractivity contribution in [2.45, 2.75) is 39.2 Å². The van der Waals surface area contributed by atoms with Crippen LogP contribution in [0, 0.1) is 6.92 Å². The third-order valence-electron chi connectivity index (χ3n) is 3.47. The molecule has 0 fully saturated rings. The van der Waals surface area contributed by atoms with E-state index >= 15 is 0 Å². The van der Waals surface area contributed by atoms with Gasteiger partial charge >= 0.3 is 0 Å². The maximum Gasteiger partial charge on any atom is 0.253 e. The largest absolute Gasteiger partial charge is 0.391 e. The van der Waals surface area contributed by atoms with Crippen LogP contribution in [0.1, 0.15) is 42.6 Å². The van der Waals surface area contributed by atoms with E-state index in [-0.39, 0.29) is 5.91 Å². The predicted molar refractivity (Wildman–Crippen MR) is 83.8 cm³/mol. The molecular weight excluding hydrogens is 280 g/mol. The molecule has 1 aromatic rings. The van der Waals surface area contributed by atoms with Crippen LogP contribution in [0.15, 0.2) is 18.2 Å². The molecular formula is C14H19ClN2OS. The molecule has 0 aliphatic heterocycles. The first kappa shape index (κ1) is 15.9. The molecule has 104 valence electrons. The highest BCUT2D eigenvalue weighted by molar-refractivity contribution is 7.80. The minimum Gasteiger partial charge on any atom is -0.391 e. The van der Waals surface area contributed by atoms with E-state index in [1.807, 2.05) is 26.8 Å². The van der Waals surface area contributed by atoms with Crippen molar-refractivity contribution in [3.63, 3.8) is 0 Å². The van der Waals surface area contributed by atoms with Crippen molar-refractivity contribution in [2.24, 2.45) is 5.73 Å². The number of thiocarbonyl (C=S) groups is 1. The van der Waals surface area contributed by atoms with Gasteiger partial charge in [-0.25, -0.2) is 0 Å².